The summed E-state index contributed by atoms with van der Waals surface area (Å²) in [4.78, 5) is 12.8. The van der Waals surface area contributed by atoms with Crippen molar-refractivity contribution in [1.82, 2.24) is 0 Å². The molecule has 0 aromatic carbocycles. The van der Waals surface area contributed by atoms with Crippen LogP contribution < -0.4 is 0 Å². The van der Waals surface area contributed by atoms with Crippen LogP contribution in [0.5, 0.6) is 0 Å². The van der Waals surface area contributed by atoms with Crippen LogP contribution in [-0.4, -0.2) is 33.5 Å². The highest BCUT2D eigenvalue weighted by Crippen LogP contribution is 2.75. The quantitative estimate of drug-likeness (QED) is 0.389. The van der Waals surface area contributed by atoms with E-state index in [4.69, 9.17) is 0 Å². The van der Waals surface area contributed by atoms with Crippen molar-refractivity contribution in [2.45, 2.75) is 125 Å². The van der Waals surface area contributed by atoms with E-state index in [1.165, 1.54) is 5.57 Å². The third-order valence-corrected chi connectivity index (χ3v) is 12.9. The monoisotopic (exact) mass is 472 g/mol. The lowest BCUT2D eigenvalue weighted by Gasteiger charge is -2.71. The van der Waals surface area contributed by atoms with Crippen molar-refractivity contribution in [1.29, 1.82) is 0 Å². The fourth-order valence-electron chi connectivity index (χ4n) is 10.7. The molecular weight excluding hydrogens is 424 g/mol. The maximum atomic E-state index is 12.8. The molecule has 0 heterocycles. The molecule has 0 aliphatic heterocycles. The van der Waals surface area contributed by atoms with Crippen molar-refractivity contribution in [3.8, 4) is 0 Å². The molecule has 4 nitrogen and oxygen atoms in total. The van der Waals surface area contributed by atoms with Crippen molar-refractivity contribution < 1.29 is 20.1 Å². The largest absolute Gasteiger partial charge is 0.481 e. The normalized spacial score (nSPS) is 51.6. The zero-order valence-electron chi connectivity index (χ0n) is 22.6. The number of aliphatic carboxylic acids is 1. The van der Waals surface area contributed by atoms with Gasteiger partial charge in [0.1, 0.15) is 5.41 Å². The van der Waals surface area contributed by atoms with E-state index in [2.05, 4.69) is 48.5 Å². The lowest BCUT2D eigenvalue weighted by molar-refractivity contribution is -0.211. The summed E-state index contributed by atoms with van der Waals surface area (Å²) in [6, 6.07) is 0. The molecule has 192 valence electrons. The number of hydrogen-bond donors (Lipinski definition) is 3. The second-order valence-electron chi connectivity index (χ2n) is 15.1. The number of carbonyl (C=O) groups is 1. The van der Waals surface area contributed by atoms with Crippen LogP contribution in [0.4, 0.5) is 0 Å². The highest BCUT2D eigenvalue weighted by molar-refractivity contribution is 5.81. The van der Waals surface area contributed by atoms with Gasteiger partial charge in [0.15, 0.2) is 0 Å². The van der Waals surface area contributed by atoms with Gasteiger partial charge in [-0.05, 0) is 103 Å². The molecule has 0 radical (unpaired) electrons. The molecule has 5 aliphatic carbocycles. The van der Waals surface area contributed by atoms with E-state index in [9.17, 15) is 20.1 Å². The van der Waals surface area contributed by atoms with E-state index < -0.39 is 17.5 Å². The minimum Gasteiger partial charge on any atom is -0.481 e. The predicted octanol–water partition coefficient (Wildman–Crippen LogP) is 6.35. The number of carboxylic acids is 1. The standard InChI is InChI=1S/C30H48O4/c1-25(2)14-15-30(24(33)34)19(16-25)18-8-9-21-27(5)12-11-22(31)26(3,4)20(27)10-13-28(21,6)29(18,7)17-23(30)32/h20-23,31-32H,8-17H2,1-7H3,(H,33,34)/t20?,21?,22-,23+,27-,28+,29+,30+/m0/s1. The summed E-state index contributed by atoms with van der Waals surface area (Å²) >= 11 is 0. The second-order valence-corrected chi connectivity index (χ2v) is 15.1. The number of aliphatic hydroxyl groups is 2. The van der Waals surface area contributed by atoms with Gasteiger partial charge in [-0.25, -0.2) is 0 Å². The maximum absolute atomic E-state index is 12.8. The first-order valence-corrected chi connectivity index (χ1v) is 13.9. The molecule has 4 saturated carbocycles. The van der Waals surface area contributed by atoms with E-state index in [1.807, 2.05) is 0 Å². The van der Waals surface area contributed by atoms with Crippen LogP contribution in [0.2, 0.25) is 0 Å². The molecule has 0 saturated heterocycles. The molecule has 4 heteroatoms. The number of carboxylic acid groups (broad SMARTS) is 1. The van der Waals surface area contributed by atoms with Gasteiger partial charge in [0.25, 0.3) is 0 Å². The zero-order chi connectivity index (χ0) is 25.1. The van der Waals surface area contributed by atoms with E-state index in [0.29, 0.717) is 24.7 Å². The van der Waals surface area contributed by atoms with E-state index in [-0.39, 0.29) is 33.2 Å². The van der Waals surface area contributed by atoms with Crippen LogP contribution in [0.25, 0.3) is 0 Å². The van der Waals surface area contributed by atoms with Crippen molar-refractivity contribution in [2.75, 3.05) is 0 Å². The van der Waals surface area contributed by atoms with Gasteiger partial charge in [0, 0.05) is 0 Å². The second kappa shape index (κ2) is 7.12. The van der Waals surface area contributed by atoms with Crippen LogP contribution >= 0.6 is 0 Å². The van der Waals surface area contributed by atoms with Crippen LogP contribution in [0.3, 0.4) is 0 Å². The van der Waals surface area contributed by atoms with Gasteiger partial charge >= 0.3 is 5.97 Å². The Morgan fingerprint density at radius 2 is 1.47 bits per heavy atom. The van der Waals surface area contributed by atoms with E-state index >= 15 is 0 Å². The van der Waals surface area contributed by atoms with Gasteiger partial charge in [-0.2, -0.15) is 0 Å². The van der Waals surface area contributed by atoms with Gasteiger partial charge < -0.3 is 15.3 Å². The minimum absolute atomic E-state index is 0.0322. The molecule has 0 spiro atoms. The highest BCUT2D eigenvalue weighted by atomic mass is 16.4. The van der Waals surface area contributed by atoms with Gasteiger partial charge in [-0.3, -0.25) is 4.79 Å². The van der Waals surface area contributed by atoms with Gasteiger partial charge in [-0.15, -0.1) is 0 Å². The Morgan fingerprint density at radius 1 is 0.794 bits per heavy atom. The number of aliphatic hydroxyl groups excluding tert-OH is 2. The molecular formula is C30H48O4. The third kappa shape index (κ3) is 2.82. The summed E-state index contributed by atoms with van der Waals surface area (Å²) in [6.45, 7) is 16.4. The fourth-order valence-corrected chi connectivity index (χ4v) is 10.7. The Kier molecular flexibility index (Phi) is 5.20. The first-order chi connectivity index (χ1) is 15.6. The fraction of sp³-hybridized carbons (Fsp3) is 0.900. The predicted molar refractivity (Wildman–Crippen MR) is 134 cm³/mol. The summed E-state index contributed by atoms with van der Waals surface area (Å²) < 4.78 is 0. The molecule has 0 amide bonds. The van der Waals surface area contributed by atoms with E-state index in [1.54, 1.807) is 0 Å². The SMILES string of the molecule is CC1(C)CC[C@@]2(C(=O)O)C(=C3CCC4[C@@]5(C)CC[C@H](O)C(C)(C)C5CC[C@@]4(C)[C@]3(C)C[C@H]2O)C1. The van der Waals surface area contributed by atoms with Crippen molar-refractivity contribution >= 4 is 5.97 Å². The van der Waals surface area contributed by atoms with Gasteiger partial charge in [-0.1, -0.05) is 59.6 Å². The van der Waals surface area contributed by atoms with Crippen LogP contribution in [0, 0.1) is 44.3 Å². The van der Waals surface area contributed by atoms with Gasteiger partial charge in [0.05, 0.1) is 12.2 Å². The first kappa shape index (κ1) is 24.8. The molecule has 0 aromatic rings. The molecule has 5 aliphatic rings. The average Bonchev–Trinajstić information content (AvgIpc) is 2.71. The van der Waals surface area contributed by atoms with Crippen LogP contribution in [0.15, 0.2) is 11.1 Å². The first-order valence-electron chi connectivity index (χ1n) is 13.9. The summed E-state index contributed by atoms with van der Waals surface area (Å²) in [7, 11) is 0. The summed E-state index contributed by atoms with van der Waals surface area (Å²) in [5.41, 5.74) is 1.41. The smallest absolute Gasteiger partial charge is 0.316 e. The molecule has 0 bridgehead atoms. The summed E-state index contributed by atoms with van der Waals surface area (Å²) in [5.74, 6) is 0.215. The minimum atomic E-state index is -1.09. The number of rotatable bonds is 1. The molecule has 4 fully saturated rings. The topological polar surface area (TPSA) is 77.8 Å². The number of hydrogen-bond acceptors (Lipinski definition) is 3. The van der Waals surface area contributed by atoms with Crippen molar-refractivity contribution in [3.63, 3.8) is 0 Å². The Hall–Kier alpha value is -0.870. The molecule has 8 atom stereocenters. The lowest BCUT2D eigenvalue weighted by atomic mass is 9.34. The van der Waals surface area contributed by atoms with Gasteiger partial charge in [0.2, 0.25) is 0 Å². The molecule has 5 rings (SSSR count). The maximum Gasteiger partial charge on any atom is 0.316 e. The third-order valence-electron chi connectivity index (χ3n) is 12.9. The zero-order valence-corrected chi connectivity index (χ0v) is 22.6. The molecule has 2 unspecified atom stereocenters. The summed E-state index contributed by atoms with van der Waals surface area (Å²) in [6.07, 6.45) is 7.92. The van der Waals surface area contributed by atoms with Crippen molar-refractivity contribution in [2.24, 2.45) is 44.3 Å². The van der Waals surface area contributed by atoms with E-state index in [0.717, 1.165) is 56.9 Å². The number of fused-ring (bicyclic) bond motifs is 6. The van der Waals surface area contributed by atoms with Crippen LogP contribution in [0.1, 0.15) is 113 Å². The Balaban J connectivity index is 1.65. The number of allylic oxidation sites excluding steroid dienone is 1. The van der Waals surface area contributed by atoms with Crippen molar-refractivity contribution in [3.05, 3.63) is 11.1 Å². The highest BCUT2D eigenvalue weighted by Gasteiger charge is 2.69. The van der Waals surface area contributed by atoms with Crippen LogP contribution in [-0.2, 0) is 4.79 Å². The molecule has 3 N–H and O–H groups in total. The Labute approximate surface area is 206 Å². The Bertz CT molecular complexity index is 932. The Morgan fingerprint density at radius 3 is 2.12 bits per heavy atom. The molecule has 0 aromatic heterocycles. The lowest BCUT2D eigenvalue weighted by Crippen LogP contribution is -2.65. The summed E-state index contributed by atoms with van der Waals surface area (Å²) in [5, 5.41) is 33.1. The molecule has 34 heavy (non-hydrogen) atoms. The average molecular weight is 473 g/mol.